The molecule has 0 aliphatic rings. The molecule has 6 nitrogen and oxygen atoms in total. The number of hydrogen-bond donors (Lipinski definition) is 1. The maximum Gasteiger partial charge on any atom is 0.289 e. The second-order valence-electron chi connectivity index (χ2n) is 7.22. The van der Waals surface area contributed by atoms with Gasteiger partial charge in [0.25, 0.3) is 5.69 Å². The highest BCUT2D eigenvalue weighted by molar-refractivity contribution is 7.98. The molecule has 162 valence electrons. The molecular formula is C24H20ClN3O3S. The van der Waals surface area contributed by atoms with Gasteiger partial charge in [0.15, 0.2) is 0 Å². The summed E-state index contributed by atoms with van der Waals surface area (Å²) in [6.45, 7) is 0.636. The summed E-state index contributed by atoms with van der Waals surface area (Å²) in [5.41, 5.74) is 3.19. The quantitative estimate of drug-likeness (QED) is 0.201. The molecule has 0 unspecified atom stereocenters. The third-order valence-corrected chi connectivity index (χ3v) is 6.35. The number of aromatic nitrogens is 1. The Morgan fingerprint density at radius 1 is 1.09 bits per heavy atom. The predicted octanol–water partition coefficient (Wildman–Crippen LogP) is 6.15. The van der Waals surface area contributed by atoms with Crippen LogP contribution in [0.25, 0.3) is 10.9 Å². The summed E-state index contributed by atoms with van der Waals surface area (Å²) in [6, 6.07) is 22.4. The van der Waals surface area contributed by atoms with Crippen LogP contribution in [0.5, 0.6) is 0 Å². The van der Waals surface area contributed by atoms with Crippen LogP contribution in [0.15, 0.2) is 77.7 Å². The van der Waals surface area contributed by atoms with Gasteiger partial charge in [-0.3, -0.25) is 14.9 Å². The van der Waals surface area contributed by atoms with E-state index in [1.165, 1.54) is 12.1 Å². The minimum absolute atomic E-state index is 0.0284. The van der Waals surface area contributed by atoms with E-state index in [0.29, 0.717) is 12.2 Å². The Bertz CT molecular complexity index is 1300. The van der Waals surface area contributed by atoms with Crippen LogP contribution in [0.4, 0.5) is 11.4 Å². The van der Waals surface area contributed by atoms with E-state index in [1.807, 2.05) is 36.6 Å². The zero-order chi connectivity index (χ0) is 22.7. The van der Waals surface area contributed by atoms with Gasteiger partial charge in [-0.1, -0.05) is 60.1 Å². The molecule has 0 aliphatic carbocycles. The molecule has 0 saturated carbocycles. The van der Waals surface area contributed by atoms with E-state index in [-0.39, 0.29) is 23.0 Å². The fourth-order valence-electron chi connectivity index (χ4n) is 3.76. The van der Waals surface area contributed by atoms with Gasteiger partial charge in [0.05, 0.1) is 11.3 Å². The largest absolute Gasteiger partial charge is 0.338 e. The van der Waals surface area contributed by atoms with E-state index < -0.39 is 4.92 Å². The number of fused-ring (bicyclic) bond motifs is 1. The summed E-state index contributed by atoms with van der Waals surface area (Å²) < 4.78 is 2.17. The van der Waals surface area contributed by atoms with Crippen molar-refractivity contribution in [1.29, 1.82) is 0 Å². The van der Waals surface area contributed by atoms with E-state index in [9.17, 15) is 14.9 Å². The number of carbonyl (C=O) groups is 1. The lowest BCUT2D eigenvalue weighted by Gasteiger charge is -2.13. The lowest BCUT2D eigenvalue weighted by atomic mass is 10.2. The number of anilines is 1. The maximum absolute atomic E-state index is 13.0. The molecule has 1 heterocycles. The number of rotatable bonds is 7. The Balaban J connectivity index is 1.69. The van der Waals surface area contributed by atoms with Gasteiger partial charge in [0, 0.05) is 39.8 Å². The molecule has 3 aromatic carbocycles. The highest BCUT2D eigenvalue weighted by Gasteiger charge is 2.20. The number of para-hydroxylation sites is 1. The highest BCUT2D eigenvalue weighted by Crippen LogP contribution is 2.34. The molecule has 0 atom stereocenters. The van der Waals surface area contributed by atoms with Crippen molar-refractivity contribution in [1.82, 2.24) is 4.57 Å². The molecule has 0 spiro atoms. The monoisotopic (exact) mass is 465 g/mol. The van der Waals surface area contributed by atoms with E-state index in [4.69, 9.17) is 11.6 Å². The fraction of sp³-hybridized carbons (Fsp3) is 0.125. The first-order chi connectivity index (χ1) is 15.5. The van der Waals surface area contributed by atoms with Crippen LogP contribution in [0.3, 0.4) is 0 Å². The van der Waals surface area contributed by atoms with Crippen molar-refractivity contribution < 1.29 is 9.72 Å². The molecule has 8 heteroatoms. The third kappa shape index (κ3) is 4.49. The van der Waals surface area contributed by atoms with Crippen molar-refractivity contribution in [2.75, 3.05) is 11.6 Å². The first-order valence-electron chi connectivity index (χ1n) is 9.89. The van der Waals surface area contributed by atoms with Crippen molar-refractivity contribution in [2.24, 2.45) is 0 Å². The van der Waals surface area contributed by atoms with Gasteiger partial charge in [-0.15, -0.1) is 11.8 Å². The van der Waals surface area contributed by atoms with Crippen LogP contribution in [-0.4, -0.2) is 21.7 Å². The van der Waals surface area contributed by atoms with Crippen molar-refractivity contribution in [3.05, 3.63) is 99.2 Å². The number of amides is 1. The van der Waals surface area contributed by atoms with Gasteiger partial charge in [0.2, 0.25) is 5.91 Å². The van der Waals surface area contributed by atoms with Crippen molar-refractivity contribution in [3.8, 4) is 0 Å². The molecule has 1 N–H and O–H groups in total. The van der Waals surface area contributed by atoms with Gasteiger partial charge >= 0.3 is 0 Å². The molecule has 4 aromatic rings. The van der Waals surface area contributed by atoms with Crippen LogP contribution in [0.2, 0.25) is 5.02 Å². The number of benzene rings is 3. The number of nitrogens with zero attached hydrogens (tertiary/aromatic N) is 2. The zero-order valence-electron chi connectivity index (χ0n) is 17.2. The summed E-state index contributed by atoms with van der Waals surface area (Å²) in [6.07, 6.45) is 2.13. The lowest BCUT2D eigenvalue weighted by molar-refractivity contribution is -0.384. The lowest BCUT2D eigenvalue weighted by Crippen LogP contribution is -2.18. The normalized spacial score (nSPS) is 10.9. The number of nitrogens with one attached hydrogen (secondary N) is 1. The Morgan fingerprint density at radius 3 is 2.53 bits per heavy atom. The molecule has 1 amide bonds. The minimum Gasteiger partial charge on any atom is -0.338 e. The van der Waals surface area contributed by atoms with Crippen LogP contribution in [-0.2, 0) is 17.8 Å². The average Bonchev–Trinajstić information content (AvgIpc) is 3.07. The molecular weight excluding hydrogens is 446 g/mol. The first-order valence-corrected chi connectivity index (χ1v) is 11.5. The van der Waals surface area contributed by atoms with Gasteiger partial charge in [-0.25, -0.2) is 0 Å². The van der Waals surface area contributed by atoms with Crippen LogP contribution < -0.4 is 5.32 Å². The van der Waals surface area contributed by atoms with Crippen molar-refractivity contribution in [3.63, 3.8) is 0 Å². The maximum atomic E-state index is 13.0. The number of thioether (sulfide) groups is 1. The molecule has 1 aromatic heterocycles. The number of nitro groups is 1. The Kier molecular flexibility index (Phi) is 6.48. The van der Waals surface area contributed by atoms with Gasteiger partial charge in [0.1, 0.15) is 5.02 Å². The SMILES string of the molecule is CSc1c(CC(=O)Nc2ccc(Cl)c([N+](=O)[O-])c2)n(Cc2ccccc2)c2ccccc12. The molecule has 32 heavy (non-hydrogen) atoms. The van der Waals surface area contributed by atoms with Gasteiger partial charge < -0.3 is 9.88 Å². The summed E-state index contributed by atoms with van der Waals surface area (Å²) in [5.74, 6) is -0.256. The predicted molar refractivity (Wildman–Crippen MR) is 130 cm³/mol. The van der Waals surface area contributed by atoms with E-state index in [0.717, 1.165) is 27.1 Å². The van der Waals surface area contributed by atoms with Crippen LogP contribution in [0.1, 0.15) is 11.3 Å². The summed E-state index contributed by atoms with van der Waals surface area (Å²) in [7, 11) is 0. The number of hydrogen-bond acceptors (Lipinski definition) is 4. The third-order valence-electron chi connectivity index (χ3n) is 5.17. The molecule has 0 bridgehead atoms. The number of nitro benzene ring substituents is 1. The first kappa shape index (κ1) is 21.9. The smallest absolute Gasteiger partial charge is 0.289 e. The van der Waals surface area contributed by atoms with Gasteiger partial charge in [-0.2, -0.15) is 0 Å². The number of carbonyl (C=O) groups excluding carboxylic acids is 1. The van der Waals surface area contributed by atoms with Crippen molar-refractivity contribution >= 4 is 51.5 Å². The Hall–Kier alpha value is -3.29. The molecule has 0 fully saturated rings. The van der Waals surface area contributed by atoms with E-state index >= 15 is 0 Å². The van der Waals surface area contributed by atoms with Gasteiger partial charge in [-0.05, 0) is 30.0 Å². The second kappa shape index (κ2) is 9.46. The topological polar surface area (TPSA) is 77.2 Å². The summed E-state index contributed by atoms with van der Waals surface area (Å²) in [4.78, 5) is 24.6. The van der Waals surface area contributed by atoms with Crippen LogP contribution >= 0.6 is 23.4 Å². The average molecular weight is 466 g/mol. The van der Waals surface area contributed by atoms with E-state index in [2.05, 4.69) is 34.1 Å². The molecule has 0 radical (unpaired) electrons. The Morgan fingerprint density at radius 2 is 1.81 bits per heavy atom. The summed E-state index contributed by atoms with van der Waals surface area (Å²) >= 11 is 7.48. The van der Waals surface area contributed by atoms with E-state index in [1.54, 1.807) is 17.8 Å². The molecule has 4 rings (SSSR count). The van der Waals surface area contributed by atoms with Crippen LogP contribution in [0, 0.1) is 10.1 Å². The summed E-state index contributed by atoms with van der Waals surface area (Å²) in [5, 5.41) is 15.1. The Labute approximate surface area is 194 Å². The molecule has 0 saturated heterocycles. The fourth-order valence-corrected chi connectivity index (χ4v) is 4.76. The highest BCUT2D eigenvalue weighted by atomic mass is 35.5. The van der Waals surface area contributed by atoms with Crippen molar-refractivity contribution in [2.45, 2.75) is 17.9 Å². The second-order valence-corrected chi connectivity index (χ2v) is 8.44. The number of halogens is 1. The minimum atomic E-state index is -0.568. The molecule has 0 aliphatic heterocycles. The zero-order valence-corrected chi connectivity index (χ0v) is 18.8. The standard InChI is InChI=1S/C24H20ClN3O3S/c1-32-24-18-9-5-6-10-20(18)27(15-16-7-3-2-4-8-16)22(24)14-23(29)26-17-11-12-19(25)21(13-17)28(30)31/h2-13H,14-15H2,1H3,(H,26,29).